The van der Waals surface area contributed by atoms with Gasteiger partial charge in [0.25, 0.3) is 0 Å². The van der Waals surface area contributed by atoms with E-state index in [9.17, 15) is 15.2 Å². The van der Waals surface area contributed by atoms with Gasteiger partial charge in [0.2, 0.25) is 5.91 Å². The van der Waals surface area contributed by atoms with Gasteiger partial charge in [0.1, 0.15) is 6.04 Å². The molecule has 1 amide bonds. The van der Waals surface area contributed by atoms with E-state index in [1.807, 2.05) is 38.4 Å². The van der Waals surface area contributed by atoms with Crippen LogP contribution in [0.1, 0.15) is 29.9 Å². The first-order chi connectivity index (χ1) is 12.0. The molecule has 0 aromatic heterocycles. The Morgan fingerprint density at radius 3 is 2.52 bits per heavy atom. The van der Waals surface area contributed by atoms with Crippen LogP contribution in [0.3, 0.4) is 0 Å². The summed E-state index contributed by atoms with van der Waals surface area (Å²) in [5.41, 5.74) is 1.93. The molecule has 2 fully saturated rings. The fraction of sp³-hybridized carbons (Fsp3) is 0.500. The quantitative estimate of drug-likeness (QED) is 0.838. The number of rotatable bonds is 4. The van der Waals surface area contributed by atoms with Crippen LogP contribution in [-0.2, 0) is 4.79 Å². The summed E-state index contributed by atoms with van der Waals surface area (Å²) in [6, 6.07) is 9.18. The van der Waals surface area contributed by atoms with Crippen molar-refractivity contribution in [3.8, 4) is 17.9 Å². The molecule has 1 N–H and O–H groups in total. The van der Waals surface area contributed by atoms with E-state index >= 15 is 0 Å². The maximum absolute atomic E-state index is 12.4. The predicted molar refractivity (Wildman–Crippen MR) is 94.5 cm³/mol. The lowest BCUT2D eigenvalue weighted by Gasteiger charge is -2.51. The van der Waals surface area contributed by atoms with Crippen LogP contribution in [0, 0.1) is 29.1 Å². The van der Waals surface area contributed by atoms with Gasteiger partial charge in [0, 0.05) is 17.4 Å². The molecule has 3 atom stereocenters. The second-order valence-electron chi connectivity index (χ2n) is 7.05. The highest BCUT2D eigenvalue weighted by molar-refractivity contribution is 5.81. The average Bonchev–Trinajstić information content (AvgIpc) is 3.37. The maximum atomic E-state index is 12.4. The Labute approximate surface area is 148 Å². The van der Waals surface area contributed by atoms with E-state index in [2.05, 4.69) is 17.9 Å². The number of benzene rings is 1. The molecule has 25 heavy (non-hydrogen) atoms. The number of aliphatic hydroxyl groups is 1. The first kappa shape index (κ1) is 17.5. The number of amides is 1. The Hall–Kier alpha value is -2.34. The van der Waals surface area contributed by atoms with Crippen LogP contribution in [-0.4, -0.2) is 60.1 Å². The zero-order valence-electron chi connectivity index (χ0n) is 14.6. The zero-order chi connectivity index (χ0) is 18.0. The smallest absolute Gasteiger partial charge is 0.238 e. The lowest BCUT2D eigenvalue weighted by molar-refractivity contribution is -0.147. The van der Waals surface area contributed by atoms with Gasteiger partial charge in [-0.15, -0.1) is 0 Å². The van der Waals surface area contributed by atoms with Crippen molar-refractivity contribution >= 4 is 5.91 Å². The Kier molecular flexibility index (Phi) is 5.08. The summed E-state index contributed by atoms with van der Waals surface area (Å²) in [6.07, 6.45) is 2.40. The van der Waals surface area contributed by atoms with Crippen molar-refractivity contribution in [2.24, 2.45) is 5.92 Å². The molecule has 1 aliphatic carbocycles. The van der Waals surface area contributed by atoms with E-state index in [0.29, 0.717) is 5.92 Å². The molecule has 0 bridgehead atoms. The molecule has 3 rings (SSSR count). The molecule has 5 nitrogen and oxygen atoms in total. The van der Waals surface area contributed by atoms with Gasteiger partial charge in [-0.1, -0.05) is 24.0 Å². The Morgan fingerprint density at radius 2 is 2.00 bits per heavy atom. The van der Waals surface area contributed by atoms with Crippen molar-refractivity contribution in [3.05, 3.63) is 35.4 Å². The third-order valence-corrected chi connectivity index (χ3v) is 4.76. The van der Waals surface area contributed by atoms with Crippen LogP contribution in [0.5, 0.6) is 0 Å². The molecular formula is C20H23N3O2. The number of aliphatic hydroxyl groups excluding tert-OH is 1. The number of carbonyl (C=O) groups excluding carboxylic acids is 1. The van der Waals surface area contributed by atoms with Gasteiger partial charge < -0.3 is 14.9 Å². The summed E-state index contributed by atoms with van der Waals surface area (Å²) in [5.74, 6) is 6.68. The number of likely N-dealkylation sites (N-methyl/N-ethyl adjacent to an activating group) is 1. The number of hydrogen-bond donors (Lipinski definition) is 1. The minimum absolute atomic E-state index is 0.126. The van der Waals surface area contributed by atoms with Crippen LogP contribution in [0.4, 0.5) is 0 Å². The van der Waals surface area contributed by atoms with Gasteiger partial charge in [-0.05, 0) is 44.6 Å². The zero-order valence-corrected chi connectivity index (χ0v) is 14.6. The van der Waals surface area contributed by atoms with Crippen molar-refractivity contribution in [2.75, 3.05) is 27.2 Å². The minimum atomic E-state index is -0.534. The second-order valence-corrected chi connectivity index (χ2v) is 7.05. The molecule has 0 unspecified atom stereocenters. The fourth-order valence-electron chi connectivity index (χ4n) is 3.30. The summed E-state index contributed by atoms with van der Waals surface area (Å²) in [4.78, 5) is 15.7. The molecule has 1 aromatic rings. The Bertz CT molecular complexity index is 735. The third-order valence-electron chi connectivity index (χ3n) is 4.76. The summed E-state index contributed by atoms with van der Waals surface area (Å²) >= 11 is 0. The summed E-state index contributed by atoms with van der Waals surface area (Å²) < 4.78 is 0. The van der Waals surface area contributed by atoms with Crippen LogP contribution < -0.4 is 0 Å². The topological polar surface area (TPSA) is 67.6 Å². The summed E-state index contributed by atoms with van der Waals surface area (Å²) in [6.45, 7) is 0.0857. The molecule has 5 heteroatoms. The highest BCUT2D eigenvalue weighted by Gasteiger charge is 2.51. The normalized spacial score (nSPS) is 24.9. The van der Waals surface area contributed by atoms with Gasteiger partial charge in [-0.3, -0.25) is 4.79 Å². The molecule has 0 spiro atoms. The van der Waals surface area contributed by atoms with Gasteiger partial charge >= 0.3 is 0 Å². The lowest BCUT2D eigenvalue weighted by Crippen LogP contribution is -2.66. The third kappa shape index (κ3) is 3.69. The van der Waals surface area contributed by atoms with Crippen LogP contribution >= 0.6 is 0 Å². The van der Waals surface area contributed by atoms with E-state index in [0.717, 1.165) is 11.1 Å². The number of nitrogens with zero attached hydrogens (tertiary/aromatic N) is 3. The highest BCUT2D eigenvalue weighted by Crippen LogP contribution is 2.40. The van der Waals surface area contributed by atoms with Crippen molar-refractivity contribution in [3.63, 3.8) is 0 Å². The predicted octanol–water partition coefficient (Wildman–Crippen LogP) is 1.19. The van der Waals surface area contributed by atoms with Gasteiger partial charge in [0.05, 0.1) is 25.3 Å². The maximum Gasteiger partial charge on any atom is 0.238 e. The summed E-state index contributed by atoms with van der Waals surface area (Å²) in [7, 11) is 3.62. The Balaban J connectivity index is 1.76. The van der Waals surface area contributed by atoms with E-state index in [4.69, 9.17) is 0 Å². The van der Waals surface area contributed by atoms with Crippen LogP contribution in [0.25, 0.3) is 0 Å². The highest BCUT2D eigenvalue weighted by atomic mass is 16.3. The molecule has 1 aliphatic heterocycles. The van der Waals surface area contributed by atoms with Gasteiger partial charge in [-0.25, -0.2) is 0 Å². The second kappa shape index (κ2) is 7.27. The molecule has 2 aliphatic rings. The van der Waals surface area contributed by atoms with E-state index in [-0.39, 0.29) is 31.0 Å². The monoisotopic (exact) mass is 337 g/mol. The first-order valence-corrected chi connectivity index (χ1v) is 8.63. The van der Waals surface area contributed by atoms with E-state index < -0.39 is 6.04 Å². The number of likely N-dealkylation sites (tertiary alicyclic amines) is 1. The van der Waals surface area contributed by atoms with E-state index in [1.54, 1.807) is 4.90 Å². The van der Waals surface area contributed by atoms with Crippen molar-refractivity contribution < 1.29 is 9.90 Å². The minimum Gasteiger partial charge on any atom is -0.394 e. The van der Waals surface area contributed by atoms with E-state index in [1.165, 1.54) is 17.7 Å². The molecular weight excluding hydrogens is 314 g/mol. The standard InChI is InChI=1S/C20H23N3O2/c1-22(2)12-19(25)23-17(11-21)20(18(23)13-24)16-9-7-15(8-10-16)6-5-14-3-4-14/h7-10,14,17-18,20,24H,3-4,12-13H2,1-2H3/t17-,18+,20+/m0/s1. The molecule has 1 saturated heterocycles. The van der Waals surface area contributed by atoms with Crippen LogP contribution in [0.2, 0.25) is 0 Å². The summed E-state index contributed by atoms with van der Waals surface area (Å²) in [5, 5.41) is 19.3. The van der Waals surface area contributed by atoms with Crippen molar-refractivity contribution in [1.82, 2.24) is 9.80 Å². The van der Waals surface area contributed by atoms with Crippen LogP contribution in [0.15, 0.2) is 24.3 Å². The van der Waals surface area contributed by atoms with Gasteiger partial charge in [0.15, 0.2) is 0 Å². The molecule has 130 valence electrons. The number of nitriles is 1. The number of carbonyl (C=O) groups is 1. The SMILES string of the molecule is CN(C)CC(=O)N1[C@H](CO)[C@H](c2ccc(C#CC3CC3)cc2)[C@@H]1C#N. The largest absolute Gasteiger partial charge is 0.394 e. The Morgan fingerprint density at radius 1 is 1.32 bits per heavy atom. The van der Waals surface area contributed by atoms with Gasteiger partial charge in [-0.2, -0.15) is 5.26 Å². The average molecular weight is 337 g/mol. The molecule has 0 radical (unpaired) electrons. The van der Waals surface area contributed by atoms with Crippen molar-refractivity contribution in [1.29, 1.82) is 5.26 Å². The fourth-order valence-corrected chi connectivity index (χ4v) is 3.30. The molecule has 1 saturated carbocycles. The number of hydrogen-bond acceptors (Lipinski definition) is 4. The molecule has 1 aromatic carbocycles. The van der Waals surface area contributed by atoms with Crippen molar-refractivity contribution in [2.45, 2.75) is 30.8 Å². The lowest BCUT2D eigenvalue weighted by atomic mass is 9.75. The molecule has 1 heterocycles. The first-order valence-electron chi connectivity index (χ1n) is 8.63.